The molecule has 2 aromatic rings. The molecular formula is C20H17NO4. The van der Waals surface area contributed by atoms with E-state index in [1.54, 1.807) is 6.92 Å². The lowest BCUT2D eigenvalue weighted by atomic mass is 9.98. The fourth-order valence-corrected chi connectivity index (χ4v) is 3.02. The topological polar surface area (TPSA) is 75.6 Å². The van der Waals surface area contributed by atoms with E-state index in [9.17, 15) is 9.59 Å². The highest BCUT2D eigenvalue weighted by Gasteiger charge is 2.29. The number of aliphatic carboxylic acids is 1. The summed E-state index contributed by atoms with van der Waals surface area (Å²) in [5, 5.41) is 11.0. The van der Waals surface area contributed by atoms with E-state index in [0.717, 1.165) is 22.3 Å². The van der Waals surface area contributed by atoms with Crippen molar-refractivity contribution >= 4 is 12.1 Å². The Bertz CT molecular complexity index is 833. The number of hydrogen-bond donors (Lipinski definition) is 2. The molecule has 0 spiro atoms. The number of nitrogens with one attached hydrogen (secondary N) is 1. The van der Waals surface area contributed by atoms with Gasteiger partial charge < -0.3 is 15.2 Å². The summed E-state index contributed by atoms with van der Waals surface area (Å²) in [5.41, 5.74) is 4.59. The van der Waals surface area contributed by atoms with E-state index >= 15 is 0 Å². The third-order valence-electron chi connectivity index (χ3n) is 4.07. The van der Waals surface area contributed by atoms with E-state index in [-0.39, 0.29) is 12.5 Å². The van der Waals surface area contributed by atoms with Crippen LogP contribution in [0.4, 0.5) is 4.79 Å². The van der Waals surface area contributed by atoms with Gasteiger partial charge in [-0.1, -0.05) is 54.5 Å². The first-order valence-electron chi connectivity index (χ1n) is 7.92. The van der Waals surface area contributed by atoms with Crippen LogP contribution in [0.3, 0.4) is 0 Å². The Labute approximate surface area is 145 Å². The number of carboxylic acid groups (broad SMARTS) is 1. The zero-order valence-corrected chi connectivity index (χ0v) is 13.7. The van der Waals surface area contributed by atoms with Crippen molar-refractivity contribution in [2.75, 3.05) is 6.61 Å². The summed E-state index contributed by atoms with van der Waals surface area (Å²) in [6.07, 6.45) is -0.617. The maximum Gasteiger partial charge on any atom is 0.408 e. The Hall–Kier alpha value is -3.26. The molecule has 0 heterocycles. The monoisotopic (exact) mass is 335 g/mol. The van der Waals surface area contributed by atoms with Crippen LogP contribution in [-0.4, -0.2) is 29.8 Å². The van der Waals surface area contributed by atoms with Crippen molar-refractivity contribution in [3.8, 4) is 23.0 Å². The second kappa shape index (κ2) is 7.10. The minimum atomic E-state index is -1.24. The van der Waals surface area contributed by atoms with Crippen molar-refractivity contribution < 1.29 is 19.4 Å². The Morgan fingerprint density at radius 2 is 1.68 bits per heavy atom. The molecule has 0 saturated heterocycles. The largest absolute Gasteiger partial charge is 0.472 e. The lowest BCUT2D eigenvalue weighted by molar-refractivity contribution is -0.130. The first-order chi connectivity index (χ1) is 12.1. The molecule has 5 nitrogen and oxygen atoms in total. The first kappa shape index (κ1) is 16.6. The molecule has 0 aromatic heterocycles. The number of alkyl carbamates (subject to hydrolysis) is 1. The molecule has 5 heteroatoms. The van der Waals surface area contributed by atoms with E-state index in [1.807, 2.05) is 42.3 Å². The first-order valence-corrected chi connectivity index (χ1v) is 7.92. The van der Waals surface area contributed by atoms with Gasteiger partial charge in [-0.15, -0.1) is 0 Å². The minimum Gasteiger partial charge on any atom is -0.472 e. The molecule has 0 saturated carbocycles. The van der Waals surface area contributed by atoms with Gasteiger partial charge in [0.05, 0.1) is 6.04 Å². The minimum absolute atomic E-state index is 0.0152. The smallest absolute Gasteiger partial charge is 0.408 e. The van der Waals surface area contributed by atoms with Crippen LogP contribution in [0, 0.1) is 11.8 Å². The molecule has 0 fully saturated rings. The zero-order valence-electron chi connectivity index (χ0n) is 13.7. The third kappa shape index (κ3) is 3.64. The van der Waals surface area contributed by atoms with Gasteiger partial charge in [-0.2, -0.15) is 0 Å². The van der Waals surface area contributed by atoms with E-state index in [0.29, 0.717) is 0 Å². The van der Waals surface area contributed by atoms with Crippen LogP contribution in [0.1, 0.15) is 24.0 Å². The van der Waals surface area contributed by atoms with Gasteiger partial charge in [-0.3, -0.25) is 0 Å². The number of rotatable bonds is 3. The molecule has 2 N–H and O–H groups in total. The maximum absolute atomic E-state index is 11.9. The van der Waals surface area contributed by atoms with Gasteiger partial charge in [0, 0.05) is 11.8 Å². The Kier molecular flexibility index (Phi) is 4.71. The average Bonchev–Trinajstić information content (AvgIpc) is 2.92. The number of hydrogen-bond acceptors (Lipinski definition) is 3. The average molecular weight is 335 g/mol. The fraction of sp³-hybridized carbons (Fsp3) is 0.200. The highest BCUT2D eigenvalue weighted by atomic mass is 16.5. The summed E-state index contributed by atoms with van der Waals surface area (Å²) in [4.78, 5) is 22.3. The van der Waals surface area contributed by atoms with E-state index in [4.69, 9.17) is 9.84 Å². The molecule has 2 aromatic carbocycles. The molecule has 0 aliphatic heterocycles. The summed E-state index contributed by atoms with van der Waals surface area (Å²) in [6.45, 7) is 1.80. The second-order valence-electron chi connectivity index (χ2n) is 5.77. The van der Waals surface area contributed by atoms with Gasteiger partial charge in [0.25, 0.3) is 0 Å². The quantitative estimate of drug-likeness (QED) is 0.846. The summed E-state index contributed by atoms with van der Waals surface area (Å²) >= 11 is 0. The molecule has 1 amide bonds. The summed E-state index contributed by atoms with van der Waals surface area (Å²) in [7, 11) is 0. The number of fused-ring (bicyclic) bond motifs is 3. The van der Waals surface area contributed by atoms with Gasteiger partial charge in [0.1, 0.15) is 6.61 Å². The summed E-state index contributed by atoms with van der Waals surface area (Å²) in [5.74, 6) is 3.13. The maximum atomic E-state index is 11.9. The molecule has 1 aliphatic carbocycles. The van der Waals surface area contributed by atoms with Crippen LogP contribution in [0.25, 0.3) is 11.1 Å². The molecule has 0 radical (unpaired) electrons. The number of benzene rings is 2. The molecular weight excluding hydrogens is 318 g/mol. The lowest BCUT2D eigenvalue weighted by Gasteiger charge is -2.15. The number of carbonyl (C=O) groups is 2. The Balaban J connectivity index is 1.69. The van der Waals surface area contributed by atoms with Crippen LogP contribution < -0.4 is 5.32 Å². The van der Waals surface area contributed by atoms with Crippen molar-refractivity contribution in [1.29, 1.82) is 0 Å². The van der Waals surface area contributed by atoms with Gasteiger partial charge >= 0.3 is 12.1 Å². The van der Waals surface area contributed by atoms with Crippen LogP contribution in [0.2, 0.25) is 0 Å². The fourth-order valence-electron chi connectivity index (χ4n) is 3.02. The standard InChI is InChI=1S/C20H17NO4/c1-13(10-11-19(22)23)21-20(24)25-12-18-16-8-4-2-6-14(16)15-7-3-5-9-17(15)18/h2-9,13,18H,12H2,1H3,(H,21,24)(H,22,23). The predicted octanol–water partition coefficient (Wildman–Crippen LogP) is 3.00. The Morgan fingerprint density at radius 1 is 1.12 bits per heavy atom. The predicted molar refractivity (Wildman–Crippen MR) is 93.1 cm³/mol. The van der Waals surface area contributed by atoms with Gasteiger partial charge in [-0.25, -0.2) is 9.59 Å². The molecule has 3 rings (SSSR count). The number of carbonyl (C=O) groups excluding carboxylic acids is 1. The number of ether oxygens (including phenoxy) is 1. The van der Waals surface area contributed by atoms with Gasteiger partial charge in [-0.05, 0) is 29.2 Å². The molecule has 1 aliphatic rings. The molecule has 25 heavy (non-hydrogen) atoms. The van der Waals surface area contributed by atoms with Crippen molar-refractivity contribution in [2.45, 2.75) is 18.9 Å². The molecule has 0 bridgehead atoms. The van der Waals surface area contributed by atoms with Gasteiger partial charge in [0.2, 0.25) is 0 Å². The molecule has 126 valence electrons. The van der Waals surface area contributed by atoms with Crippen molar-refractivity contribution in [1.82, 2.24) is 5.32 Å². The zero-order chi connectivity index (χ0) is 17.8. The van der Waals surface area contributed by atoms with E-state index in [1.165, 1.54) is 0 Å². The van der Waals surface area contributed by atoms with Crippen LogP contribution in [-0.2, 0) is 9.53 Å². The van der Waals surface area contributed by atoms with Gasteiger partial charge in [0.15, 0.2) is 0 Å². The van der Waals surface area contributed by atoms with Crippen molar-refractivity contribution in [3.05, 3.63) is 59.7 Å². The summed E-state index contributed by atoms with van der Waals surface area (Å²) in [6, 6.07) is 15.6. The number of carboxylic acids is 1. The van der Waals surface area contributed by atoms with E-state index in [2.05, 4.69) is 23.4 Å². The Morgan fingerprint density at radius 3 is 2.24 bits per heavy atom. The van der Waals surface area contributed by atoms with Crippen LogP contribution in [0.15, 0.2) is 48.5 Å². The van der Waals surface area contributed by atoms with Crippen molar-refractivity contribution in [2.24, 2.45) is 0 Å². The van der Waals surface area contributed by atoms with Crippen LogP contribution in [0.5, 0.6) is 0 Å². The second-order valence-corrected chi connectivity index (χ2v) is 5.77. The highest BCUT2D eigenvalue weighted by molar-refractivity contribution is 5.86. The third-order valence-corrected chi connectivity index (χ3v) is 4.07. The molecule has 1 atom stereocenters. The number of amides is 1. The molecule has 1 unspecified atom stereocenters. The normalized spacial score (nSPS) is 13.0. The van der Waals surface area contributed by atoms with E-state index < -0.39 is 18.1 Å². The highest BCUT2D eigenvalue weighted by Crippen LogP contribution is 2.44. The SMILES string of the molecule is CC(C#CC(=O)O)NC(=O)OCC1c2ccccc2-c2ccccc21. The summed E-state index contributed by atoms with van der Waals surface area (Å²) < 4.78 is 5.35. The van der Waals surface area contributed by atoms with Crippen LogP contribution >= 0.6 is 0 Å². The lowest BCUT2D eigenvalue weighted by Crippen LogP contribution is -2.33. The van der Waals surface area contributed by atoms with Crippen molar-refractivity contribution in [3.63, 3.8) is 0 Å².